The Morgan fingerprint density at radius 3 is 1.77 bits per heavy atom. The summed E-state index contributed by atoms with van der Waals surface area (Å²) in [4.78, 5) is 90.2. The summed E-state index contributed by atoms with van der Waals surface area (Å²) < 4.78 is 28.1. The van der Waals surface area contributed by atoms with Crippen molar-refractivity contribution < 1.29 is 32.8 Å². The number of hydrogen-bond donors (Lipinski definition) is 5. The van der Waals surface area contributed by atoms with E-state index >= 15 is 0 Å². The van der Waals surface area contributed by atoms with E-state index in [2.05, 4.69) is 75.8 Å². The Morgan fingerprint density at radius 2 is 1.23 bits per heavy atom. The van der Waals surface area contributed by atoms with Crippen LogP contribution in [-0.2, 0) is 19.6 Å². The number of aromatic nitrogens is 14. The number of ether oxygens (including phenoxy) is 3. The molecule has 0 aliphatic heterocycles. The molecule has 1 aromatic carbocycles. The molecule has 334 valence electrons. The van der Waals surface area contributed by atoms with Crippen LogP contribution in [0.3, 0.4) is 0 Å². The van der Waals surface area contributed by atoms with Crippen molar-refractivity contribution in [1.82, 2.24) is 80.3 Å². The van der Waals surface area contributed by atoms with E-state index in [1.165, 1.54) is 38.6 Å². The summed E-state index contributed by atoms with van der Waals surface area (Å²) in [5, 5.41) is 13.2. The predicted octanol–water partition coefficient (Wildman–Crippen LogP) is 2.86. The lowest BCUT2D eigenvalue weighted by Gasteiger charge is -2.17. The van der Waals surface area contributed by atoms with E-state index in [9.17, 15) is 19.2 Å². The number of nitrogens with zero attached hydrogens (tertiary/aromatic N) is 11. The maximum Gasteiger partial charge on any atom is 0.272 e. The number of nitrogens with one attached hydrogen (secondary N) is 5. The number of imidazole rings is 2. The molecule has 0 aliphatic carbocycles. The minimum Gasteiger partial charge on any atom is -0.496 e. The predicted molar refractivity (Wildman–Crippen MR) is 229 cm³/mol. The maximum absolute atomic E-state index is 13.0. The molecule has 9 aromatic rings. The molecule has 8 heterocycles. The van der Waals surface area contributed by atoms with Crippen molar-refractivity contribution in [3.8, 4) is 40.3 Å². The van der Waals surface area contributed by atoms with Gasteiger partial charge in [-0.2, -0.15) is 0 Å². The zero-order valence-electron chi connectivity index (χ0n) is 33.1. The highest BCUT2D eigenvalue weighted by atomic mass is 16.5. The molecule has 0 unspecified atom stereocenters. The van der Waals surface area contributed by atoms with Gasteiger partial charge in [0.25, 0.3) is 22.9 Å². The molecule has 0 radical (unpaired) electrons. The lowest BCUT2D eigenvalue weighted by molar-refractivity contribution is 0.0936. The molecule has 0 saturated carbocycles. The molecule has 5 N–H and O–H groups in total. The van der Waals surface area contributed by atoms with Crippen LogP contribution in [0.5, 0.6) is 17.2 Å². The Hall–Kier alpha value is -9.16. The lowest BCUT2D eigenvalue weighted by Crippen LogP contribution is -2.27. The van der Waals surface area contributed by atoms with E-state index in [-0.39, 0.29) is 68.2 Å². The number of amides is 2. The molecule has 65 heavy (non-hydrogen) atoms. The van der Waals surface area contributed by atoms with Crippen LogP contribution in [-0.4, -0.2) is 103 Å². The fraction of sp³-hybridized carbons (Fsp3) is 0.200. The zero-order valence-corrected chi connectivity index (χ0v) is 33.1. The Bertz CT molecular complexity index is 3150. The van der Waals surface area contributed by atoms with Gasteiger partial charge in [-0.05, 0) is 0 Å². The third-order valence-electron chi connectivity index (χ3n) is 9.01. The first kappa shape index (κ1) is 45.4. The fourth-order valence-electron chi connectivity index (χ4n) is 6.05. The van der Waals surface area contributed by atoms with E-state index in [4.69, 9.17) is 23.3 Å². The second-order valence-electron chi connectivity index (χ2n) is 12.9. The average Bonchev–Trinajstić information content (AvgIpc) is 4.17. The highest BCUT2D eigenvalue weighted by molar-refractivity contribution is 6.02. The number of carbonyl (C=O) groups is 2. The first-order chi connectivity index (χ1) is 30.7. The Morgan fingerprint density at radius 1 is 0.677 bits per heavy atom. The van der Waals surface area contributed by atoms with Crippen LogP contribution in [0.15, 0.2) is 92.7 Å². The first-order valence-corrected chi connectivity index (χ1v) is 18.4. The number of H-pyrrole nitrogens is 3. The van der Waals surface area contributed by atoms with Gasteiger partial charge in [-0.15, -0.1) is 0 Å². The second kappa shape index (κ2) is 20.1. The zero-order chi connectivity index (χ0) is 43.9. The van der Waals surface area contributed by atoms with Crippen LogP contribution in [0.25, 0.3) is 45.4 Å². The lowest BCUT2D eigenvalue weighted by atomic mass is 10.1. The summed E-state index contributed by atoms with van der Waals surface area (Å²) >= 11 is 0. The number of rotatable bonds is 13. The summed E-state index contributed by atoms with van der Waals surface area (Å²) in [6.07, 6.45) is 11.1. The highest BCUT2D eigenvalue weighted by Crippen LogP contribution is 2.35. The summed E-state index contributed by atoms with van der Waals surface area (Å²) in [6.45, 7) is 0.166. The van der Waals surface area contributed by atoms with Gasteiger partial charge in [0.2, 0.25) is 0 Å². The second-order valence-corrected chi connectivity index (χ2v) is 12.9. The van der Waals surface area contributed by atoms with Crippen molar-refractivity contribution in [3.05, 3.63) is 123 Å². The Kier molecular flexibility index (Phi) is 14.1. The molecule has 0 atom stereocenters. The van der Waals surface area contributed by atoms with Gasteiger partial charge in [0.05, 0.1) is 58.9 Å². The van der Waals surface area contributed by atoms with E-state index < -0.39 is 22.9 Å². The minimum absolute atomic E-state index is 0. The van der Waals surface area contributed by atoms with Gasteiger partial charge in [0.1, 0.15) is 52.3 Å². The van der Waals surface area contributed by atoms with Crippen molar-refractivity contribution in [2.24, 2.45) is 0 Å². The van der Waals surface area contributed by atoms with Crippen molar-refractivity contribution in [2.75, 3.05) is 21.3 Å². The molecular weight excluding hydrogens is 849 g/mol. The molecule has 0 bridgehead atoms. The van der Waals surface area contributed by atoms with Gasteiger partial charge in [-0.25, -0.2) is 39.9 Å². The van der Waals surface area contributed by atoms with Gasteiger partial charge in [0, 0.05) is 49.1 Å². The number of hydrogen-bond acceptors (Lipinski definition) is 19. The number of benzene rings is 1. The molecule has 8 aromatic heterocycles. The third kappa shape index (κ3) is 9.82. The average molecular weight is 889 g/mol. The van der Waals surface area contributed by atoms with Gasteiger partial charge in [-0.1, -0.05) is 25.2 Å². The van der Waals surface area contributed by atoms with Crippen LogP contribution in [0.1, 0.15) is 52.9 Å². The smallest absolute Gasteiger partial charge is 0.272 e. The standard InChI is InChI=1S/C24H22N8O6.C14H10N8O3.2CH4/c1-35-13-7-17(36-2)15(18(8-13)37-3)11-32-19(33)10-27-20-21(29-12-30-23(20)32)24(34)28-9-14-6-16(31-38-14)22-25-4-5-26-22;23-9-5-17-10-11(19-6-20-13(10)21-9)14(24)18-4-7-3-8(22-25-7)12-15-1-2-16-12;;/h4-8,10,12H,9,11H2,1-3H3,(H,25,26)(H,28,34);1-3,5-6H,4H2,(H,15,16)(H,18,24)(H,19,20,21,23);2*1H4. The number of aromatic amines is 3. The first-order valence-electron chi connectivity index (χ1n) is 18.4. The normalized spacial score (nSPS) is 10.6. The molecule has 25 nitrogen and oxygen atoms in total. The van der Waals surface area contributed by atoms with E-state index in [1.54, 1.807) is 49.1 Å². The van der Waals surface area contributed by atoms with Gasteiger partial charge in [0.15, 0.2) is 45.9 Å². The fourth-order valence-corrected chi connectivity index (χ4v) is 6.05. The molecule has 9 rings (SSSR count). The summed E-state index contributed by atoms with van der Waals surface area (Å²) in [5.74, 6) is 2.37. The molecule has 0 fully saturated rings. The van der Waals surface area contributed by atoms with Crippen molar-refractivity contribution in [1.29, 1.82) is 0 Å². The molecule has 25 heteroatoms. The number of methoxy groups -OCH3 is 3. The monoisotopic (exact) mass is 888 g/mol. The quantitative estimate of drug-likeness (QED) is 0.111. The largest absolute Gasteiger partial charge is 0.496 e. The number of fused-ring (bicyclic) bond motifs is 2. The topological polar surface area (TPSA) is 328 Å². The van der Waals surface area contributed by atoms with Crippen molar-refractivity contribution >= 4 is 34.1 Å². The van der Waals surface area contributed by atoms with Crippen LogP contribution in [0.4, 0.5) is 0 Å². The summed E-state index contributed by atoms with van der Waals surface area (Å²) in [6, 6.07) is 6.68. The number of carbonyl (C=O) groups excluding carboxylic acids is 2. The van der Waals surface area contributed by atoms with Crippen molar-refractivity contribution in [3.63, 3.8) is 0 Å². The Labute approximate surface area is 366 Å². The van der Waals surface area contributed by atoms with Gasteiger partial charge < -0.3 is 48.8 Å². The maximum atomic E-state index is 13.0. The highest BCUT2D eigenvalue weighted by Gasteiger charge is 2.21. The van der Waals surface area contributed by atoms with E-state index in [0.717, 1.165) is 12.4 Å². The molecule has 0 saturated heterocycles. The van der Waals surface area contributed by atoms with Crippen LogP contribution in [0, 0.1) is 0 Å². The van der Waals surface area contributed by atoms with E-state index in [1.807, 2.05) is 0 Å². The van der Waals surface area contributed by atoms with Crippen molar-refractivity contribution in [2.45, 2.75) is 34.5 Å². The van der Waals surface area contributed by atoms with Crippen LogP contribution in [0.2, 0.25) is 0 Å². The van der Waals surface area contributed by atoms with E-state index in [0.29, 0.717) is 57.4 Å². The van der Waals surface area contributed by atoms with Crippen LogP contribution >= 0.6 is 0 Å². The SMILES string of the molecule is C.C.COc1cc(OC)c(Cn2c(=O)cnc3c(C(=O)NCc4cc(-c5ncc[nH]5)no4)ncnc32)c(OC)c1.O=C(NCc1cc(-c2ncc[nH]2)no1)c1ncnc2[nH]c(=O)cnc12. The van der Waals surface area contributed by atoms with Gasteiger partial charge >= 0.3 is 0 Å². The molecule has 0 aliphatic rings. The molecular formula is C40H40N16O9. The third-order valence-corrected chi connectivity index (χ3v) is 9.01. The molecule has 0 spiro atoms. The Balaban J connectivity index is 0.000000226. The summed E-state index contributed by atoms with van der Waals surface area (Å²) in [7, 11) is 4.53. The van der Waals surface area contributed by atoms with Crippen LogP contribution < -0.4 is 36.0 Å². The molecule has 2 amide bonds. The summed E-state index contributed by atoms with van der Waals surface area (Å²) in [5.41, 5.74) is 1.49. The van der Waals surface area contributed by atoms with Gasteiger partial charge in [-0.3, -0.25) is 23.7 Å². The minimum atomic E-state index is -0.536.